The lowest BCUT2D eigenvalue weighted by Crippen LogP contribution is -2.54. The first-order valence-electron chi connectivity index (χ1n) is 5.20. The van der Waals surface area contributed by atoms with E-state index in [1.54, 1.807) is 7.11 Å². The molecule has 16 heavy (non-hydrogen) atoms. The second kappa shape index (κ2) is 4.71. The first-order chi connectivity index (χ1) is 7.63. The zero-order valence-corrected chi connectivity index (χ0v) is 11.5. The number of ether oxygens (including phenoxy) is 1. The van der Waals surface area contributed by atoms with Gasteiger partial charge in [0.15, 0.2) is 0 Å². The molecule has 1 aromatic rings. The number of likely N-dealkylation sites (tertiary alicyclic amines) is 1. The Morgan fingerprint density at radius 1 is 1.50 bits per heavy atom. The summed E-state index contributed by atoms with van der Waals surface area (Å²) in [7, 11) is 1.68. The molecular formula is C12H14INO2. The van der Waals surface area contributed by atoms with Gasteiger partial charge in [0.2, 0.25) is 0 Å². The quantitative estimate of drug-likeness (QED) is 0.777. The summed E-state index contributed by atoms with van der Waals surface area (Å²) >= 11 is 2.23. The highest BCUT2D eigenvalue weighted by Crippen LogP contribution is 2.21. The molecule has 0 unspecified atom stereocenters. The molecule has 2 rings (SSSR count). The van der Waals surface area contributed by atoms with Crippen LogP contribution in [0.1, 0.15) is 15.9 Å². The maximum absolute atomic E-state index is 12.1. The normalized spacial score (nSPS) is 16.1. The van der Waals surface area contributed by atoms with Crippen molar-refractivity contribution in [1.82, 2.24) is 4.90 Å². The standard InChI is InChI=1S/C12H14INO2/c1-8-4-3-5-10(11(8)13)12(15)14-6-9(7-14)16-2/h3-5,9H,6-7H2,1-2H3. The van der Waals surface area contributed by atoms with E-state index < -0.39 is 0 Å². The minimum atomic E-state index is 0.112. The van der Waals surface area contributed by atoms with Crippen molar-refractivity contribution in [3.05, 3.63) is 32.9 Å². The third kappa shape index (κ3) is 2.08. The van der Waals surface area contributed by atoms with E-state index in [2.05, 4.69) is 22.6 Å². The molecule has 0 N–H and O–H groups in total. The van der Waals surface area contributed by atoms with Gasteiger partial charge >= 0.3 is 0 Å². The zero-order valence-electron chi connectivity index (χ0n) is 9.37. The molecule has 0 aromatic heterocycles. The molecule has 0 spiro atoms. The molecule has 1 fully saturated rings. The molecule has 0 aliphatic carbocycles. The maximum atomic E-state index is 12.1. The highest BCUT2D eigenvalue weighted by atomic mass is 127. The number of hydrogen-bond donors (Lipinski definition) is 0. The molecule has 0 atom stereocenters. The zero-order chi connectivity index (χ0) is 11.7. The number of amides is 1. The lowest BCUT2D eigenvalue weighted by Gasteiger charge is -2.38. The average molecular weight is 331 g/mol. The number of carbonyl (C=O) groups excluding carboxylic acids is 1. The molecule has 1 amide bonds. The SMILES string of the molecule is COC1CN(C(=O)c2cccc(C)c2I)C1. The highest BCUT2D eigenvalue weighted by Gasteiger charge is 2.31. The molecule has 86 valence electrons. The topological polar surface area (TPSA) is 29.5 Å². The van der Waals surface area contributed by atoms with Crippen LogP contribution in [0.15, 0.2) is 18.2 Å². The number of rotatable bonds is 2. The summed E-state index contributed by atoms with van der Waals surface area (Å²) in [5.74, 6) is 0.112. The van der Waals surface area contributed by atoms with Crippen LogP contribution in [-0.2, 0) is 4.74 Å². The van der Waals surface area contributed by atoms with Gasteiger partial charge in [0.05, 0.1) is 11.7 Å². The van der Waals surface area contributed by atoms with Gasteiger partial charge in [-0.2, -0.15) is 0 Å². The van der Waals surface area contributed by atoms with Crippen molar-refractivity contribution in [2.24, 2.45) is 0 Å². The largest absolute Gasteiger partial charge is 0.378 e. The van der Waals surface area contributed by atoms with Crippen molar-refractivity contribution in [2.75, 3.05) is 20.2 Å². The molecule has 1 aliphatic heterocycles. The second-order valence-corrected chi connectivity index (χ2v) is 5.08. The predicted molar refractivity (Wildman–Crippen MR) is 70.6 cm³/mol. The summed E-state index contributed by atoms with van der Waals surface area (Å²) in [5.41, 5.74) is 1.95. The maximum Gasteiger partial charge on any atom is 0.255 e. The van der Waals surface area contributed by atoms with Crippen LogP contribution in [0.2, 0.25) is 0 Å². The monoisotopic (exact) mass is 331 g/mol. The number of hydrogen-bond acceptors (Lipinski definition) is 2. The number of carbonyl (C=O) groups is 1. The third-order valence-corrected chi connectivity index (χ3v) is 4.32. The molecule has 0 bridgehead atoms. The van der Waals surface area contributed by atoms with Crippen LogP contribution < -0.4 is 0 Å². The summed E-state index contributed by atoms with van der Waals surface area (Å²) in [6.07, 6.45) is 0.214. The van der Waals surface area contributed by atoms with E-state index in [0.717, 1.165) is 14.7 Å². The van der Waals surface area contributed by atoms with Crippen LogP contribution in [0.4, 0.5) is 0 Å². The molecular weight excluding hydrogens is 317 g/mol. The lowest BCUT2D eigenvalue weighted by molar-refractivity contribution is -0.0192. The minimum Gasteiger partial charge on any atom is -0.378 e. The van der Waals surface area contributed by atoms with Crippen LogP contribution in [-0.4, -0.2) is 37.1 Å². The van der Waals surface area contributed by atoms with Crippen LogP contribution in [0.3, 0.4) is 0 Å². The fourth-order valence-electron chi connectivity index (χ4n) is 1.74. The fourth-order valence-corrected chi connectivity index (χ4v) is 2.33. The van der Waals surface area contributed by atoms with Gasteiger partial charge in [-0.3, -0.25) is 4.79 Å². The minimum absolute atomic E-state index is 0.112. The van der Waals surface area contributed by atoms with Crippen molar-refractivity contribution in [2.45, 2.75) is 13.0 Å². The Morgan fingerprint density at radius 3 is 2.81 bits per heavy atom. The Bertz CT molecular complexity index is 413. The number of halogens is 1. The smallest absolute Gasteiger partial charge is 0.255 e. The van der Waals surface area contributed by atoms with Gasteiger partial charge in [0.1, 0.15) is 0 Å². The first kappa shape index (κ1) is 11.9. The van der Waals surface area contributed by atoms with E-state index >= 15 is 0 Å². The van der Waals surface area contributed by atoms with E-state index in [1.807, 2.05) is 30.0 Å². The number of benzene rings is 1. The van der Waals surface area contributed by atoms with Crippen molar-refractivity contribution >= 4 is 28.5 Å². The average Bonchev–Trinajstić information content (AvgIpc) is 2.20. The summed E-state index contributed by atoms with van der Waals surface area (Å²) < 4.78 is 6.21. The van der Waals surface area contributed by atoms with E-state index in [4.69, 9.17) is 4.74 Å². The van der Waals surface area contributed by atoms with E-state index in [1.165, 1.54) is 0 Å². The molecule has 0 radical (unpaired) electrons. The van der Waals surface area contributed by atoms with Gasteiger partial charge in [-0.1, -0.05) is 12.1 Å². The van der Waals surface area contributed by atoms with Gasteiger partial charge in [-0.05, 0) is 41.1 Å². The first-order valence-corrected chi connectivity index (χ1v) is 6.28. The summed E-state index contributed by atoms with van der Waals surface area (Å²) in [4.78, 5) is 14.0. The van der Waals surface area contributed by atoms with Gasteiger partial charge in [-0.25, -0.2) is 0 Å². The lowest BCUT2D eigenvalue weighted by atomic mass is 10.1. The second-order valence-electron chi connectivity index (χ2n) is 4.00. The molecule has 4 heteroatoms. The van der Waals surface area contributed by atoms with Crippen LogP contribution in [0, 0.1) is 10.5 Å². The highest BCUT2D eigenvalue weighted by molar-refractivity contribution is 14.1. The molecule has 0 saturated carbocycles. The molecule has 1 aromatic carbocycles. The molecule has 1 aliphatic rings. The van der Waals surface area contributed by atoms with E-state index in [0.29, 0.717) is 13.1 Å². The number of nitrogens with zero attached hydrogens (tertiary/aromatic N) is 1. The van der Waals surface area contributed by atoms with Gasteiger partial charge in [0, 0.05) is 23.8 Å². The number of methoxy groups -OCH3 is 1. The Morgan fingerprint density at radius 2 is 2.19 bits per heavy atom. The van der Waals surface area contributed by atoms with Crippen LogP contribution >= 0.6 is 22.6 Å². The molecule has 3 nitrogen and oxygen atoms in total. The predicted octanol–water partition coefficient (Wildman–Crippen LogP) is 2.07. The molecule has 1 saturated heterocycles. The fraction of sp³-hybridized carbons (Fsp3) is 0.417. The van der Waals surface area contributed by atoms with Gasteiger partial charge in [-0.15, -0.1) is 0 Å². The summed E-state index contributed by atoms with van der Waals surface area (Å²) in [6.45, 7) is 3.44. The third-order valence-electron chi connectivity index (χ3n) is 2.89. The van der Waals surface area contributed by atoms with Crippen molar-refractivity contribution in [3.63, 3.8) is 0 Å². The van der Waals surface area contributed by atoms with E-state index in [9.17, 15) is 4.79 Å². The Balaban J connectivity index is 2.13. The van der Waals surface area contributed by atoms with Crippen LogP contribution in [0.25, 0.3) is 0 Å². The number of aryl methyl sites for hydroxylation is 1. The summed E-state index contributed by atoms with van der Waals surface area (Å²) in [5, 5.41) is 0. The van der Waals surface area contributed by atoms with Crippen molar-refractivity contribution < 1.29 is 9.53 Å². The van der Waals surface area contributed by atoms with Gasteiger partial charge in [0.25, 0.3) is 5.91 Å². The Labute approximate surface area is 109 Å². The van der Waals surface area contributed by atoms with Gasteiger partial charge < -0.3 is 9.64 Å². The summed E-state index contributed by atoms with van der Waals surface area (Å²) in [6, 6.07) is 5.84. The van der Waals surface area contributed by atoms with Crippen molar-refractivity contribution in [3.8, 4) is 0 Å². The Hall–Kier alpha value is -0.620. The molecule has 1 heterocycles. The van der Waals surface area contributed by atoms with Crippen LogP contribution in [0.5, 0.6) is 0 Å². The van der Waals surface area contributed by atoms with E-state index in [-0.39, 0.29) is 12.0 Å². The Kier molecular flexibility index (Phi) is 3.49. The van der Waals surface area contributed by atoms with Crippen molar-refractivity contribution in [1.29, 1.82) is 0 Å².